The average molecular weight is 354 g/mol. The van der Waals surface area contributed by atoms with Gasteiger partial charge in [0, 0.05) is 18.9 Å². The van der Waals surface area contributed by atoms with Gasteiger partial charge in [0.05, 0.1) is 5.69 Å². The summed E-state index contributed by atoms with van der Waals surface area (Å²) >= 11 is 1.34. The second-order valence-corrected chi connectivity index (χ2v) is 6.41. The molecule has 0 aromatic carbocycles. The smallest absolute Gasteiger partial charge is 0.263 e. The molecule has 1 saturated heterocycles. The molecule has 8 heteroatoms. The van der Waals surface area contributed by atoms with Gasteiger partial charge < -0.3 is 10.6 Å². The lowest BCUT2D eigenvalue weighted by Crippen LogP contribution is -2.26. The molecule has 1 aliphatic heterocycles. The first-order chi connectivity index (χ1) is 10.7. The van der Waals surface area contributed by atoms with Gasteiger partial charge in [-0.2, -0.15) is 0 Å². The number of carbonyl (C=O) groups excluding carboxylic acids is 1. The molecule has 2 N–H and O–H groups in total. The fourth-order valence-corrected chi connectivity index (χ4v) is 3.47. The quantitative estimate of drug-likeness (QED) is 0.860. The second-order valence-electron chi connectivity index (χ2n) is 5.41. The average Bonchev–Trinajstić information content (AvgIpc) is 3.17. The third-order valence-corrected chi connectivity index (χ3v) is 4.91. The van der Waals surface area contributed by atoms with Crippen LogP contribution in [0.15, 0.2) is 18.5 Å². The number of rotatable bonds is 5. The first-order valence-electron chi connectivity index (χ1n) is 7.48. The Kier molecular flexibility index (Phi) is 6.44. The Labute approximate surface area is 145 Å². The third-order valence-electron chi connectivity index (χ3n) is 3.76. The number of hydrogen-bond acceptors (Lipinski definition) is 6. The van der Waals surface area contributed by atoms with E-state index in [9.17, 15) is 4.79 Å². The predicted octanol–water partition coefficient (Wildman–Crippen LogP) is 2.06. The monoisotopic (exact) mass is 353 g/mol. The van der Waals surface area contributed by atoms with Gasteiger partial charge in [-0.15, -0.1) is 23.7 Å². The molecule has 0 bridgehead atoms. The van der Waals surface area contributed by atoms with Crippen LogP contribution in [0.25, 0.3) is 10.8 Å². The standard InChI is InChI=1S/C15H19N5OS.ClH/c1-10-12(14(21)19-8-4-11-3-7-16-9-11)22-15(20-10)13-17-5-2-6-18-13;/h2,5-6,11,16H,3-4,7-9H2,1H3,(H,19,21);1H. The van der Waals surface area contributed by atoms with Crippen molar-refractivity contribution < 1.29 is 4.79 Å². The van der Waals surface area contributed by atoms with E-state index in [2.05, 4.69) is 25.6 Å². The molecule has 1 atom stereocenters. The van der Waals surface area contributed by atoms with Crippen molar-refractivity contribution >= 4 is 29.7 Å². The number of nitrogens with one attached hydrogen (secondary N) is 2. The molecule has 0 spiro atoms. The number of carbonyl (C=O) groups is 1. The van der Waals surface area contributed by atoms with E-state index < -0.39 is 0 Å². The van der Waals surface area contributed by atoms with Crippen molar-refractivity contribution in [3.63, 3.8) is 0 Å². The van der Waals surface area contributed by atoms with Gasteiger partial charge in [0.2, 0.25) is 0 Å². The molecule has 1 aliphatic rings. The molecule has 2 aromatic rings. The number of aryl methyl sites for hydroxylation is 1. The van der Waals surface area contributed by atoms with Crippen LogP contribution >= 0.6 is 23.7 Å². The van der Waals surface area contributed by atoms with Gasteiger partial charge >= 0.3 is 0 Å². The molecule has 3 heterocycles. The van der Waals surface area contributed by atoms with Crippen LogP contribution in [0.2, 0.25) is 0 Å². The van der Waals surface area contributed by atoms with Crippen LogP contribution in [-0.2, 0) is 0 Å². The van der Waals surface area contributed by atoms with Crippen LogP contribution in [-0.4, -0.2) is 40.5 Å². The molecular weight excluding hydrogens is 334 g/mol. The molecule has 23 heavy (non-hydrogen) atoms. The van der Waals surface area contributed by atoms with Gasteiger partial charge in [0.25, 0.3) is 5.91 Å². The highest BCUT2D eigenvalue weighted by Crippen LogP contribution is 2.25. The normalized spacial score (nSPS) is 16.8. The number of amides is 1. The first kappa shape index (κ1) is 17.8. The fraction of sp³-hybridized carbons (Fsp3) is 0.467. The Hall–Kier alpha value is -1.57. The van der Waals surface area contributed by atoms with Crippen LogP contribution < -0.4 is 10.6 Å². The number of nitrogens with zero attached hydrogens (tertiary/aromatic N) is 3. The highest BCUT2D eigenvalue weighted by atomic mass is 35.5. The van der Waals surface area contributed by atoms with Crippen molar-refractivity contribution in [3.8, 4) is 10.8 Å². The fourth-order valence-electron chi connectivity index (χ4n) is 2.54. The summed E-state index contributed by atoms with van der Waals surface area (Å²) < 4.78 is 0. The molecule has 1 unspecified atom stereocenters. The Balaban J connectivity index is 0.00000192. The first-order valence-corrected chi connectivity index (χ1v) is 8.29. The van der Waals surface area contributed by atoms with Crippen molar-refractivity contribution in [1.29, 1.82) is 0 Å². The molecule has 3 rings (SSSR count). The minimum atomic E-state index is -0.0527. The highest BCUT2D eigenvalue weighted by molar-refractivity contribution is 7.17. The van der Waals surface area contributed by atoms with Crippen molar-refractivity contribution in [2.75, 3.05) is 19.6 Å². The Morgan fingerprint density at radius 2 is 2.22 bits per heavy atom. The highest BCUT2D eigenvalue weighted by Gasteiger charge is 2.18. The second kappa shape index (κ2) is 8.33. The van der Waals surface area contributed by atoms with E-state index in [4.69, 9.17) is 0 Å². The van der Waals surface area contributed by atoms with Gasteiger partial charge in [-0.05, 0) is 44.8 Å². The Morgan fingerprint density at radius 1 is 1.43 bits per heavy atom. The van der Waals surface area contributed by atoms with E-state index in [1.165, 1.54) is 17.8 Å². The van der Waals surface area contributed by atoms with Crippen LogP contribution in [0, 0.1) is 12.8 Å². The van der Waals surface area contributed by atoms with Crippen molar-refractivity contribution in [3.05, 3.63) is 29.0 Å². The zero-order chi connectivity index (χ0) is 15.4. The van der Waals surface area contributed by atoms with Crippen molar-refractivity contribution in [2.24, 2.45) is 5.92 Å². The minimum absolute atomic E-state index is 0. The van der Waals surface area contributed by atoms with E-state index in [-0.39, 0.29) is 18.3 Å². The summed E-state index contributed by atoms with van der Waals surface area (Å²) in [5.41, 5.74) is 0.729. The summed E-state index contributed by atoms with van der Waals surface area (Å²) in [6.07, 6.45) is 5.57. The Morgan fingerprint density at radius 3 is 2.91 bits per heavy atom. The number of halogens is 1. The van der Waals surface area contributed by atoms with Gasteiger partial charge in [-0.1, -0.05) is 0 Å². The van der Waals surface area contributed by atoms with Gasteiger partial charge in [0.1, 0.15) is 4.88 Å². The molecule has 2 aromatic heterocycles. The molecular formula is C15H20ClN5OS. The van der Waals surface area contributed by atoms with Crippen LogP contribution in [0.4, 0.5) is 0 Å². The number of aromatic nitrogens is 3. The zero-order valence-corrected chi connectivity index (χ0v) is 14.5. The summed E-state index contributed by atoms with van der Waals surface area (Å²) in [7, 11) is 0. The van der Waals surface area contributed by atoms with Crippen LogP contribution in [0.5, 0.6) is 0 Å². The molecule has 0 saturated carbocycles. The van der Waals surface area contributed by atoms with Crippen LogP contribution in [0.1, 0.15) is 28.2 Å². The summed E-state index contributed by atoms with van der Waals surface area (Å²) in [5, 5.41) is 7.02. The summed E-state index contributed by atoms with van der Waals surface area (Å²) in [6, 6.07) is 1.76. The lowest BCUT2D eigenvalue weighted by atomic mass is 10.1. The predicted molar refractivity (Wildman–Crippen MR) is 93.1 cm³/mol. The Bertz CT molecular complexity index is 643. The lowest BCUT2D eigenvalue weighted by Gasteiger charge is -2.08. The third kappa shape index (κ3) is 4.46. The molecule has 6 nitrogen and oxygen atoms in total. The van der Waals surface area contributed by atoms with E-state index >= 15 is 0 Å². The zero-order valence-electron chi connectivity index (χ0n) is 12.9. The van der Waals surface area contributed by atoms with E-state index in [0.717, 1.165) is 25.2 Å². The molecule has 0 radical (unpaired) electrons. The maximum absolute atomic E-state index is 12.3. The van der Waals surface area contributed by atoms with E-state index in [0.29, 0.717) is 28.2 Å². The van der Waals surface area contributed by atoms with Gasteiger partial charge in [0.15, 0.2) is 10.8 Å². The molecule has 1 amide bonds. The number of hydrogen-bond donors (Lipinski definition) is 2. The summed E-state index contributed by atoms with van der Waals surface area (Å²) in [4.78, 5) is 25.7. The van der Waals surface area contributed by atoms with Gasteiger partial charge in [-0.25, -0.2) is 15.0 Å². The lowest BCUT2D eigenvalue weighted by molar-refractivity contribution is 0.0955. The SMILES string of the molecule is Cc1nc(-c2ncccn2)sc1C(=O)NCCC1CCNC1.Cl. The largest absolute Gasteiger partial charge is 0.351 e. The maximum atomic E-state index is 12.3. The number of thiazole rings is 1. The maximum Gasteiger partial charge on any atom is 0.263 e. The van der Waals surface area contributed by atoms with Crippen LogP contribution in [0.3, 0.4) is 0 Å². The summed E-state index contributed by atoms with van der Waals surface area (Å²) in [5.74, 6) is 1.19. The van der Waals surface area contributed by atoms with E-state index in [1.54, 1.807) is 18.5 Å². The molecule has 1 fully saturated rings. The molecule has 124 valence electrons. The van der Waals surface area contributed by atoms with Crippen molar-refractivity contribution in [1.82, 2.24) is 25.6 Å². The topological polar surface area (TPSA) is 79.8 Å². The molecule has 0 aliphatic carbocycles. The van der Waals surface area contributed by atoms with Gasteiger partial charge in [-0.3, -0.25) is 4.79 Å². The van der Waals surface area contributed by atoms with Crippen molar-refractivity contribution in [2.45, 2.75) is 19.8 Å². The minimum Gasteiger partial charge on any atom is -0.351 e. The summed E-state index contributed by atoms with van der Waals surface area (Å²) in [6.45, 7) is 4.70. The van der Waals surface area contributed by atoms with E-state index in [1.807, 2.05) is 6.92 Å².